The summed E-state index contributed by atoms with van der Waals surface area (Å²) in [6, 6.07) is 0.423. The topological polar surface area (TPSA) is 82.8 Å². The van der Waals surface area contributed by atoms with Gasteiger partial charge in [0, 0.05) is 32.7 Å². The van der Waals surface area contributed by atoms with Crippen LogP contribution in [-0.4, -0.2) is 56.0 Å². The zero-order valence-electron chi connectivity index (χ0n) is 14.4. The van der Waals surface area contributed by atoms with E-state index in [2.05, 4.69) is 27.4 Å². The van der Waals surface area contributed by atoms with E-state index >= 15 is 0 Å². The van der Waals surface area contributed by atoms with E-state index in [1.165, 1.54) is 25.7 Å². The summed E-state index contributed by atoms with van der Waals surface area (Å²) < 4.78 is 0. The summed E-state index contributed by atoms with van der Waals surface area (Å²) in [6.45, 7) is 5.55. The first-order valence-electron chi connectivity index (χ1n) is 8.49. The lowest BCUT2D eigenvalue weighted by Crippen LogP contribution is -2.51. The smallest absolute Gasteiger partial charge is 0.231 e. The molecule has 1 saturated carbocycles. The highest BCUT2D eigenvalue weighted by Gasteiger charge is 2.29. The number of likely N-dealkylation sites (tertiary alicyclic amines) is 1. The molecule has 0 spiro atoms. The van der Waals surface area contributed by atoms with E-state index in [1.54, 1.807) is 0 Å². The Hall–Kier alpha value is -0.570. The van der Waals surface area contributed by atoms with Crippen molar-refractivity contribution in [3.05, 3.63) is 0 Å². The van der Waals surface area contributed by atoms with Gasteiger partial charge in [-0.1, -0.05) is 19.8 Å². The third-order valence-corrected chi connectivity index (χ3v) is 5.02. The van der Waals surface area contributed by atoms with Crippen molar-refractivity contribution < 1.29 is 4.79 Å². The van der Waals surface area contributed by atoms with Gasteiger partial charge in [-0.3, -0.25) is 14.7 Å². The minimum atomic E-state index is -0.242. The number of rotatable bonds is 5. The number of hydrogen-bond acceptors (Lipinski definition) is 3. The second-order valence-electron chi connectivity index (χ2n) is 7.10. The maximum atomic E-state index is 11.0. The van der Waals surface area contributed by atoms with Crippen molar-refractivity contribution >= 4 is 35.8 Å². The lowest BCUT2D eigenvalue weighted by Gasteiger charge is -2.33. The summed E-state index contributed by atoms with van der Waals surface area (Å²) in [7, 11) is 1.83. The zero-order valence-corrected chi connectivity index (χ0v) is 16.8. The highest BCUT2D eigenvalue weighted by Crippen LogP contribution is 2.36. The summed E-state index contributed by atoms with van der Waals surface area (Å²) in [5.41, 5.74) is 5.67. The SMILES string of the molecule is CN=C(NCC1(C)CCCC1)NC1CCN(CC(N)=O)CC1.I. The molecule has 0 aromatic heterocycles. The number of nitrogens with two attached hydrogens (primary N) is 1. The third kappa shape index (κ3) is 6.82. The van der Waals surface area contributed by atoms with E-state index in [1.807, 2.05) is 7.05 Å². The number of aliphatic imine (C=N–C) groups is 1. The van der Waals surface area contributed by atoms with E-state index < -0.39 is 0 Å². The summed E-state index contributed by atoms with van der Waals surface area (Å²) >= 11 is 0. The van der Waals surface area contributed by atoms with Gasteiger partial charge in [-0.2, -0.15) is 0 Å². The Morgan fingerprint density at radius 3 is 2.43 bits per heavy atom. The van der Waals surface area contributed by atoms with Crippen molar-refractivity contribution in [2.75, 3.05) is 33.2 Å². The Bertz CT molecular complexity index is 401. The molecule has 134 valence electrons. The molecular weight excluding hydrogens is 405 g/mol. The fraction of sp³-hybridized carbons (Fsp3) is 0.875. The molecule has 1 amide bonds. The number of carbonyl (C=O) groups is 1. The molecule has 2 fully saturated rings. The van der Waals surface area contributed by atoms with Crippen molar-refractivity contribution in [3.8, 4) is 0 Å². The molecule has 6 nitrogen and oxygen atoms in total. The van der Waals surface area contributed by atoms with Crippen LogP contribution in [0.25, 0.3) is 0 Å². The van der Waals surface area contributed by atoms with Crippen LogP contribution in [0.3, 0.4) is 0 Å². The van der Waals surface area contributed by atoms with E-state index in [-0.39, 0.29) is 29.9 Å². The molecule has 1 aliphatic carbocycles. The van der Waals surface area contributed by atoms with Gasteiger partial charge in [0.25, 0.3) is 0 Å². The fourth-order valence-corrected chi connectivity index (χ4v) is 3.55. The molecule has 0 unspecified atom stereocenters. The minimum Gasteiger partial charge on any atom is -0.369 e. The summed E-state index contributed by atoms with van der Waals surface area (Å²) in [6.07, 6.45) is 7.35. The minimum absolute atomic E-state index is 0. The van der Waals surface area contributed by atoms with E-state index in [4.69, 9.17) is 5.73 Å². The van der Waals surface area contributed by atoms with Gasteiger partial charge in [-0.25, -0.2) is 0 Å². The van der Waals surface area contributed by atoms with Gasteiger partial charge >= 0.3 is 0 Å². The van der Waals surface area contributed by atoms with Crippen LogP contribution in [0.1, 0.15) is 45.4 Å². The van der Waals surface area contributed by atoms with Crippen LogP contribution in [0.5, 0.6) is 0 Å². The lowest BCUT2D eigenvalue weighted by molar-refractivity contribution is -0.119. The Kier molecular flexibility index (Phi) is 8.60. The molecule has 23 heavy (non-hydrogen) atoms. The number of halogens is 1. The molecule has 0 aromatic carbocycles. The predicted molar refractivity (Wildman–Crippen MR) is 105 cm³/mol. The van der Waals surface area contributed by atoms with Crippen LogP contribution in [0, 0.1) is 5.41 Å². The van der Waals surface area contributed by atoms with Crippen LogP contribution < -0.4 is 16.4 Å². The fourth-order valence-electron chi connectivity index (χ4n) is 3.55. The largest absolute Gasteiger partial charge is 0.369 e. The van der Waals surface area contributed by atoms with Crippen molar-refractivity contribution in [1.29, 1.82) is 0 Å². The predicted octanol–water partition coefficient (Wildman–Crippen LogP) is 1.30. The second-order valence-corrected chi connectivity index (χ2v) is 7.10. The Labute approximate surface area is 157 Å². The Morgan fingerprint density at radius 2 is 1.91 bits per heavy atom. The van der Waals surface area contributed by atoms with Crippen molar-refractivity contribution in [3.63, 3.8) is 0 Å². The molecule has 2 rings (SSSR count). The molecule has 1 heterocycles. The Morgan fingerprint density at radius 1 is 1.30 bits per heavy atom. The maximum absolute atomic E-state index is 11.0. The number of piperidine rings is 1. The lowest BCUT2D eigenvalue weighted by atomic mass is 9.89. The highest BCUT2D eigenvalue weighted by molar-refractivity contribution is 14.0. The quantitative estimate of drug-likeness (QED) is 0.344. The van der Waals surface area contributed by atoms with Gasteiger partial charge in [0.1, 0.15) is 0 Å². The first-order valence-corrected chi connectivity index (χ1v) is 8.49. The number of primary amides is 1. The van der Waals surface area contributed by atoms with Crippen LogP contribution in [0.4, 0.5) is 0 Å². The summed E-state index contributed by atoms with van der Waals surface area (Å²) in [5, 5.41) is 7.01. The number of nitrogens with zero attached hydrogens (tertiary/aromatic N) is 2. The molecular formula is C16H32IN5O. The average Bonchev–Trinajstić information content (AvgIpc) is 2.92. The van der Waals surface area contributed by atoms with Crippen LogP contribution >= 0.6 is 24.0 Å². The van der Waals surface area contributed by atoms with E-state index in [9.17, 15) is 4.79 Å². The first-order chi connectivity index (χ1) is 10.5. The molecule has 2 aliphatic rings. The summed E-state index contributed by atoms with van der Waals surface area (Å²) in [5.74, 6) is 0.662. The summed E-state index contributed by atoms with van der Waals surface area (Å²) in [4.78, 5) is 17.4. The number of carbonyl (C=O) groups excluding carboxylic acids is 1. The van der Waals surface area contributed by atoms with Gasteiger partial charge in [-0.15, -0.1) is 24.0 Å². The molecule has 1 aliphatic heterocycles. The van der Waals surface area contributed by atoms with Crippen molar-refractivity contribution in [1.82, 2.24) is 15.5 Å². The third-order valence-electron chi connectivity index (χ3n) is 5.02. The van der Waals surface area contributed by atoms with E-state index in [0.717, 1.165) is 38.4 Å². The zero-order chi connectivity index (χ0) is 16.0. The van der Waals surface area contributed by atoms with Gasteiger partial charge in [0.2, 0.25) is 5.91 Å². The number of hydrogen-bond donors (Lipinski definition) is 3. The molecule has 4 N–H and O–H groups in total. The molecule has 0 bridgehead atoms. The Balaban J connectivity index is 0.00000264. The molecule has 0 radical (unpaired) electrons. The van der Waals surface area contributed by atoms with Crippen LogP contribution in [-0.2, 0) is 4.79 Å². The molecule has 0 atom stereocenters. The second kappa shape index (κ2) is 9.66. The van der Waals surface area contributed by atoms with Gasteiger partial charge in [-0.05, 0) is 31.1 Å². The maximum Gasteiger partial charge on any atom is 0.231 e. The molecule has 0 aromatic rings. The average molecular weight is 437 g/mol. The first kappa shape index (κ1) is 20.5. The van der Waals surface area contributed by atoms with Crippen LogP contribution in [0.2, 0.25) is 0 Å². The van der Waals surface area contributed by atoms with Gasteiger partial charge in [0.15, 0.2) is 5.96 Å². The monoisotopic (exact) mass is 437 g/mol. The van der Waals surface area contributed by atoms with Gasteiger partial charge in [0.05, 0.1) is 6.54 Å². The number of nitrogens with one attached hydrogen (secondary N) is 2. The van der Waals surface area contributed by atoms with Crippen molar-refractivity contribution in [2.45, 2.75) is 51.5 Å². The van der Waals surface area contributed by atoms with E-state index in [0.29, 0.717) is 18.0 Å². The number of guanidine groups is 1. The van der Waals surface area contributed by atoms with Gasteiger partial charge < -0.3 is 16.4 Å². The normalized spacial score (nSPS) is 22.4. The molecule has 7 heteroatoms. The van der Waals surface area contributed by atoms with Crippen LogP contribution in [0.15, 0.2) is 4.99 Å². The standard InChI is InChI=1S/C16H31N5O.HI/c1-16(7-3-4-8-16)12-19-15(18-2)20-13-5-9-21(10-6-13)11-14(17)22;/h13H,3-12H2,1-2H3,(H2,17,22)(H2,18,19,20);1H. The van der Waals surface area contributed by atoms with Crippen molar-refractivity contribution in [2.24, 2.45) is 16.1 Å². The number of amides is 1. The molecule has 1 saturated heterocycles. The highest BCUT2D eigenvalue weighted by atomic mass is 127.